The van der Waals surface area contributed by atoms with E-state index < -0.39 is 0 Å². The van der Waals surface area contributed by atoms with Crippen molar-refractivity contribution in [2.45, 2.75) is 19.4 Å². The first-order chi connectivity index (χ1) is 9.14. The second-order valence-electron chi connectivity index (χ2n) is 5.26. The first kappa shape index (κ1) is 12.0. The van der Waals surface area contributed by atoms with E-state index in [0.29, 0.717) is 0 Å². The molecule has 0 N–H and O–H groups in total. The molecule has 0 aliphatic carbocycles. The molecular weight excluding hydrogens is 232 g/mol. The van der Waals surface area contributed by atoms with Crippen LogP contribution in [0.25, 0.3) is 6.08 Å². The van der Waals surface area contributed by atoms with Crippen LogP contribution in [0.2, 0.25) is 0 Å². The van der Waals surface area contributed by atoms with Gasteiger partial charge in [-0.05, 0) is 37.1 Å². The SMILES string of the molecule is Cc1ccccc1C1(C)c2ncccc2C=CN1C. The van der Waals surface area contributed by atoms with Gasteiger partial charge in [-0.15, -0.1) is 0 Å². The highest BCUT2D eigenvalue weighted by atomic mass is 15.2. The zero-order valence-corrected chi connectivity index (χ0v) is 11.6. The second kappa shape index (κ2) is 4.23. The maximum atomic E-state index is 4.65. The van der Waals surface area contributed by atoms with Gasteiger partial charge in [-0.25, -0.2) is 0 Å². The van der Waals surface area contributed by atoms with Crippen LogP contribution in [-0.2, 0) is 5.54 Å². The maximum absolute atomic E-state index is 4.65. The maximum Gasteiger partial charge on any atom is 0.105 e. The lowest BCUT2D eigenvalue weighted by Crippen LogP contribution is -2.42. The highest BCUT2D eigenvalue weighted by molar-refractivity contribution is 5.59. The molecule has 0 spiro atoms. The van der Waals surface area contributed by atoms with Crippen LogP contribution in [0.5, 0.6) is 0 Å². The third-order valence-electron chi connectivity index (χ3n) is 4.15. The molecule has 1 aromatic carbocycles. The minimum absolute atomic E-state index is 0.212. The average molecular weight is 250 g/mol. The Kier molecular flexibility index (Phi) is 2.67. The van der Waals surface area contributed by atoms with Gasteiger partial charge in [-0.1, -0.05) is 30.3 Å². The molecule has 0 saturated carbocycles. The number of fused-ring (bicyclic) bond motifs is 1. The van der Waals surface area contributed by atoms with Crippen LogP contribution >= 0.6 is 0 Å². The molecule has 0 saturated heterocycles. The van der Waals surface area contributed by atoms with E-state index in [1.165, 1.54) is 16.7 Å². The summed E-state index contributed by atoms with van der Waals surface area (Å²) in [6.07, 6.45) is 6.14. The summed E-state index contributed by atoms with van der Waals surface area (Å²) in [5.74, 6) is 0. The van der Waals surface area contributed by atoms with Crippen LogP contribution in [0.1, 0.15) is 29.3 Å². The zero-order chi connectivity index (χ0) is 13.5. The summed E-state index contributed by atoms with van der Waals surface area (Å²) in [5, 5.41) is 0. The fourth-order valence-electron chi connectivity index (χ4n) is 2.90. The fraction of sp³-hybridized carbons (Fsp3) is 0.235. The van der Waals surface area contributed by atoms with Gasteiger partial charge in [0.15, 0.2) is 0 Å². The van der Waals surface area contributed by atoms with Crippen molar-refractivity contribution in [3.8, 4) is 0 Å². The van der Waals surface area contributed by atoms with Gasteiger partial charge in [0.05, 0.1) is 5.69 Å². The van der Waals surface area contributed by atoms with Crippen molar-refractivity contribution < 1.29 is 0 Å². The highest BCUT2D eigenvalue weighted by Crippen LogP contribution is 2.40. The predicted molar refractivity (Wildman–Crippen MR) is 78.7 cm³/mol. The van der Waals surface area contributed by atoms with Gasteiger partial charge in [0.1, 0.15) is 5.54 Å². The molecule has 96 valence electrons. The van der Waals surface area contributed by atoms with Crippen LogP contribution in [-0.4, -0.2) is 16.9 Å². The minimum Gasteiger partial charge on any atom is -0.366 e. The minimum atomic E-state index is -0.212. The van der Waals surface area contributed by atoms with E-state index >= 15 is 0 Å². The van der Waals surface area contributed by atoms with Crippen molar-refractivity contribution in [3.05, 3.63) is 71.2 Å². The lowest BCUT2D eigenvalue weighted by molar-refractivity contribution is 0.244. The van der Waals surface area contributed by atoms with E-state index in [2.05, 4.69) is 73.4 Å². The number of aryl methyl sites for hydroxylation is 1. The van der Waals surface area contributed by atoms with Crippen LogP contribution in [0.3, 0.4) is 0 Å². The summed E-state index contributed by atoms with van der Waals surface area (Å²) >= 11 is 0. The second-order valence-corrected chi connectivity index (χ2v) is 5.26. The molecule has 0 fully saturated rings. The number of aromatic nitrogens is 1. The molecule has 2 heteroatoms. The molecule has 2 aromatic rings. The molecule has 1 aromatic heterocycles. The molecule has 0 radical (unpaired) electrons. The number of hydrogen-bond acceptors (Lipinski definition) is 2. The number of benzene rings is 1. The Morgan fingerprint density at radius 3 is 2.68 bits per heavy atom. The van der Waals surface area contributed by atoms with E-state index in [-0.39, 0.29) is 5.54 Å². The van der Waals surface area contributed by atoms with Crippen LogP contribution < -0.4 is 0 Å². The third-order valence-corrected chi connectivity index (χ3v) is 4.15. The van der Waals surface area contributed by atoms with E-state index in [4.69, 9.17) is 0 Å². The molecule has 0 bridgehead atoms. The standard InChI is InChI=1S/C17H18N2/c1-13-7-4-5-9-15(13)17(2)16-14(8-6-11-18-16)10-12-19(17)3/h4-12H,1-3H3. The molecule has 1 aliphatic rings. The summed E-state index contributed by atoms with van der Waals surface area (Å²) in [4.78, 5) is 6.89. The first-order valence-corrected chi connectivity index (χ1v) is 6.57. The van der Waals surface area contributed by atoms with Crippen molar-refractivity contribution in [1.29, 1.82) is 0 Å². The largest absolute Gasteiger partial charge is 0.366 e. The highest BCUT2D eigenvalue weighted by Gasteiger charge is 2.37. The Labute approximate surface area is 114 Å². The van der Waals surface area contributed by atoms with Crippen molar-refractivity contribution in [2.75, 3.05) is 7.05 Å². The van der Waals surface area contributed by atoms with E-state index in [1.807, 2.05) is 12.3 Å². The Bertz CT molecular complexity index is 645. The van der Waals surface area contributed by atoms with Gasteiger partial charge in [-0.2, -0.15) is 0 Å². The molecule has 19 heavy (non-hydrogen) atoms. The lowest BCUT2D eigenvalue weighted by atomic mass is 9.80. The van der Waals surface area contributed by atoms with Gasteiger partial charge >= 0.3 is 0 Å². The first-order valence-electron chi connectivity index (χ1n) is 6.57. The molecule has 1 atom stereocenters. The number of nitrogens with zero attached hydrogens (tertiary/aromatic N) is 2. The zero-order valence-electron chi connectivity index (χ0n) is 11.6. The molecule has 2 heterocycles. The van der Waals surface area contributed by atoms with Gasteiger partial charge in [0, 0.05) is 25.0 Å². The third kappa shape index (κ3) is 1.67. The lowest BCUT2D eigenvalue weighted by Gasteiger charge is -2.42. The molecule has 3 rings (SSSR count). The summed E-state index contributed by atoms with van der Waals surface area (Å²) in [7, 11) is 2.11. The smallest absolute Gasteiger partial charge is 0.105 e. The van der Waals surface area contributed by atoms with Crippen molar-refractivity contribution >= 4 is 6.08 Å². The van der Waals surface area contributed by atoms with E-state index in [1.54, 1.807) is 0 Å². The van der Waals surface area contributed by atoms with Crippen LogP contribution in [0, 0.1) is 6.92 Å². The van der Waals surface area contributed by atoms with E-state index in [0.717, 1.165) is 5.69 Å². The van der Waals surface area contributed by atoms with Gasteiger partial charge in [0.2, 0.25) is 0 Å². The van der Waals surface area contributed by atoms with Crippen molar-refractivity contribution in [3.63, 3.8) is 0 Å². The monoisotopic (exact) mass is 250 g/mol. The normalized spacial score (nSPS) is 21.3. The molecule has 0 amide bonds. The molecular formula is C17H18N2. The number of hydrogen-bond donors (Lipinski definition) is 0. The quantitative estimate of drug-likeness (QED) is 0.769. The van der Waals surface area contributed by atoms with Crippen molar-refractivity contribution in [1.82, 2.24) is 9.88 Å². The Hall–Kier alpha value is -2.09. The Morgan fingerprint density at radius 1 is 1.11 bits per heavy atom. The van der Waals surface area contributed by atoms with Crippen molar-refractivity contribution in [2.24, 2.45) is 0 Å². The van der Waals surface area contributed by atoms with Gasteiger partial charge in [0.25, 0.3) is 0 Å². The van der Waals surface area contributed by atoms with Gasteiger partial charge in [-0.3, -0.25) is 4.98 Å². The fourth-order valence-corrected chi connectivity index (χ4v) is 2.90. The van der Waals surface area contributed by atoms with Crippen LogP contribution in [0.4, 0.5) is 0 Å². The summed E-state index contributed by atoms with van der Waals surface area (Å²) in [6, 6.07) is 12.7. The topological polar surface area (TPSA) is 16.1 Å². The Morgan fingerprint density at radius 2 is 1.89 bits per heavy atom. The molecule has 1 unspecified atom stereocenters. The Balaban J connectivity index is 2.28. The van der Waals surface area contributed by atoms with E-state index in [9.17, 15) is 0 Å². The van der Waals surface area contributed by atoms with Crippen LogP contribution in [0.15, 0.2) is 48.8 Å². The summed E-state index contributed by atoms with van der Waals surface area (Å²) in [6.45, 7) is 4.40. The number of pyridine rings is 1. The number of rotatable bonds is 1. The average Bonchev–Trinajstić information content (AvgIpc) is 2.44. The summed E-state index contributed by atoms with van der Waals surface area (Å²) < 4.78 is 0. The predicted octanol–water partition coefficient (Wildman–Crippen LogP) is 3.57. The molecule has 1 aliphatic heterocycles. The molecule has 2 nitrogen and oxygen atoms in total. The summed E-state index contributed by atoms with van der Waals surface area (Å²) in [5.41, 5.74) is 4.71. The van der Waals surface area contributed by atoms with Gasteiger partial charge < -0.3 is 4.90 Å².